The molecule has 4 nitrogen and oxygen atoms in total. The number of benzene rings is 2. The molecule has 29 heavy (non-hydrogen) atoms. The fraction of sp³-hybridized carbons (Fsp3) is 0.167. The minimum atomic E-state index is -0.281. The summed E-state index contributed by atoms with van der Waals surface area (Å²) >= 11 is 0. The number of fused-ring (bicyclic) bond motifs is 1. The Labute approximate surface area is 168 Å². The zero-order valence-corrected chi connectivity index (χ0v) is 16.6. The maximum Gasteiger partial charge on any atom is 0.258 e. The fourth-order valence-corrected chi connectivity index (χ4v) is 3.68. The number of rotatable bonds is 3. The van der Waals surface area contributed by atoms with E-state index in [1.165, 1.54) is 12.1 Å². The molecule has 0 spiro atoms. The third kappa shape index (κ3) is 3.45. The molecule has 5 heteroatoms. The van der Waals surface area contributed by atoms with Gasteiger partial charge in [-0.15, -0.1) is 0 Å². The lowest BCUT2D eigenvalue weighted by Crippen LogP contribution is -2.20. The zero-order valence-electron chi connectivity index (χ0n) is 16.6. The average molecular weight is 387 g/mol. The SMILES string of the molecule is Cc1cc([C@@H](C)N)c2cc(-c3ccc(-c4ccc(F)cc4)nc3)n(C)c(=O)c2c1. The lowest BCUT2D eigenvalue weighted by Gasteiger charge is -2.16. The second kappa shape index (κ2) is 7.26. The van der Waals surface area contributed by atoms with Gasteiger partial charge in [0, 0.05) is 35.8 Å². The van der Waals surface area contributed by atoms with E-state index in [1.54, 1.807) is 29.9 Å². The molecule has 2 aromatic heterocycles. The van der Waals surface area contributed by atoms with Gasteiger partial charge in [0.2, 0.25) is 0 Å². The molecule has 0 radical (unpaired) electrons. The number of halogens is 1. The Balaban J connectivity index is 1.86. The van der Waals surface area contributed by atoms with E-state index < -0.39 is 0 Å². The molecule has 4 rings (SSSR count). The highest BCUT2D eigenvalue weighted by Gasteiger charge is 2.14. The van der Waals surface area contributed by atoms with Gasteiger partial charge in [-0.2, -0.15) is 0 Å². The maximum absolute atomic E-state index is 13.2. The molecule has 0 saturated heterocycles. The Morgan fingerprint density at radius 1 is 1.00 bits per heavy atom. The van der Waals surface area contributed by atoms with Gasteiger partial charge in [-0.3, -0.25) is 9.78 Å². The quantitative estimate of drug-likeness (QED) is 0.553. The highest BCUT2D eigenvalue weighted by molar-refractivity contribution is 5.89. The second-order valence-corrected chi connectivity index (χ2v) is 7.44. The summed E-state index contributed by atoms with van der Waals surface area (Å²) in [5.74, 6) is -0.281. The summed E-state index contributed by atoms with van der Waals surface area (Å²) in [5.41, 5.74) is 11.2. The van der Waals surface area contributed by atoms with E-state index in [0.717, 1.165) is 39.0 Å². The van der Waals surface area contributed by atoms with E-state index in [-0.39, 0.29) is 17.4 Å². The molecule has 0 fully saturated rings. The van der Waals surface area contributed by atoms with Crippen molar-refractivity contribution in [3.05, 3.63) is 88.1 Å². The first-order valence-corrected chi connectivity index (χ1v) is 9.47. The van der Waals surface area contributed by atoms with E-state index in [2.05, 4.69) is 4.98 Å². The van der Waals surface area contributed by atoms with Crippen LogP contribution in [0.2, 0.25) is 0 Å². The first-order chi connectivity index (χ1) is 13.8. The molecule has 2 N–H and O–H groups in total. The van der Waals surface area contributed by atoms with Crippen molar-refractivity contribution < 1.29 is 4.39 Å². The third-order valence-electron chi connectivity index (χ3n) is 5.22. The molecule has 0 saturated carbocycles. The van der Waals surface area contributed by atoms with Gasteiger partial charge in [0.25, 0.3) is 5.56 Å². The summed E-state index contributed by atoms with van der Waals surface area (Å²) in [6.07, 6.45) is 1.74. The highest BCUT2D eigenvalue weighted by atomic mass is 19.1. The monoisotopic (exact) mass is 387 g/mol. The predicted molar refractivity (Wildman–Crippen MR) is 115 cm³/mol. The Hall–Kier alpha value is -3.31. The topological polar surface area (TPSA) is 60.9 Å². The van der Waals surface area contributed by atoms with Crippen LogP contribution < -0.4 is 11.3 Å². The van der Waals surface area contributed by atoms with Crippen LogP contribution in [0.3, 0.4) is 0 Å². The molecule has 0 aliphatic rings. The number of nitrogens with zero attached hydrogens (tertiary/aromatic N) is 2. The van der Waals surface area contributed by atoms with Gasteiger partial charge in [-0.25, -0.2) is 4.39 Å². The van der Waals surface area contributed by atoms with Gasteiger partial charge < -0.3 is 10.3 Å². The van der Waals surface area contributed by atoms with Gasteiger partial charge in [0.05, 0.1) is 11.4 Å². The third-order valence-corrected chi connectivity index (χ3v) is 5.22. The molecule has 0 bridgehead atoms. The van der Waals surface area contributed by atoms with E-state index in [9.17, 15) is 9.18 Å². The van der Waals surface area contributed by atoms with Crippen LogP contribution in [0.25, 0.3) is 33.3 Å². The van der Waals surface area contributed by atoms with E-state index in [0.29, 0.717) is 5.39 Å². The van der Waals surface area contributed by atoms with Crippen LogP contribution in [0, 0.1) is 12.7 Å². The summed E-state index contributed by atoms with van der Waals surface area (Å²) in [4.78, 5) is 17.6. The number of hydrogen-bond donors (Lipinski definition) is 1. The molecule has 1 atom stereocenters. The van der Waals surface area contributed by atoms with Gasteiger partial charge in [-0.05, 0) is 78.9 Å². The molecule has 0 unspecified atom stereocenters. The van der Waals surface area contributed by atoms with Crippen LogP contribution in [0.5, 0.6) is 0 Å². The van der Waals surface area contributed by atoms with Crippen molar-refractivity contribution in [2.24, 2.45) is 12.8 Å². The summed E-state index contributed by atoms with van der Waals surface area (Å²) in [6.45, 7) is 3.89. The maximum atomic E-state index is 13.2. The highest BCUT2D eigenvalue weighted by Crippen LogP contribution is 2.28. The Kier molecular flexibility index (Phi) is 4.76. The van der Waals surface area contributed by atoms with Crippen LogP contribution in [-0.4, -0.2) is 9.55 Å². The Morgan fingerprint density at radius 2 is 1.69 bits per heavy atom. The largest absolute Gasteiger partial charge is 0.324 e. The minimum absolute atomic E-state index is 0.0642. The van der Waals surface area contributed by atoms with Gasteiger partial charge in [0.15, 0.2) is 0 Å². The van der Waals surface area contributed by atoms with Crippen molar-refractivity contribution in [1.29, 1.82) is 0 Å². The fourth-order valence-electron chi connectivity index (χ4n) is 3.68. The molecular formula is C24H22FN3O. The van der Waals surface area contributed by atoms with E-state index in [1.807, 2.05) is 44.2 Å². The molecule has 4 aromatic rings. The van der Waals surface area contributed by atoms with Crippen LogP contribution in [0.1, 0.15) is 24.1 Å². The Morgan fingerprint density at radius 3 is 2.31 bits per heavy atom. The number of nitrogens with two attached hydrogens (primary N) is 1. The molecule has 2 heterocycles. The van der Waals surface area contributed by atoms with Crippen molar-refractivity contribution in [1.82, 2.24) is 9.55 Å². The van der Waals surface area contributed by atoms with E-state index >= 15 is 0 Å². The van der Waals surface area contributed by atoms with Crippen LogP contribution >= 0.6 is 0 Å². The van der Waals surface area contributed by atoms with Gasteiger partial charge in [0.1, 0.15) is 5.82 Å². The second-order valence-electron chi connectivity index (χ2n) is 7.44. The number of pyridine rings is 2. The predicted octanol–water partition coefficient (Wildman–Crippen LogP) is 4.73. The summed E-state index contributed by atoms with van der Waals surface area (Å²) < 4.78 is 14.8. The van der Waals surface area contributed by atoms with Crippen molar-refractivity contribution in [2.75, 3.05) is 0 Å². The standard InChI is InChI=1S/C24H22FN3O/c1-14-10-19(15(2)26)20-12-23(28(3)24(29)21(20)11-14)17-6-9-22(27-13-17)16-4-7-18(25)8-5-16/h4-13,15H,26H2,1-3H3/t15-/m1/s1. The van der Waals surface area contributed by atoms with Crippen molar-refractivity contribution >= 4 is 10.8 Å². The summed E-state index contributed by atoms with van der Waals surface area (Å²) in [7, 11) is 1.76. The van der Waals surface area contributed by atoms with Gasteiger partial charge >= 0.3 is 0 Å². The molecular weight excluding hydrogens is 365 g/mol. The molecule has 0 aliphatic heterocycles. The first kappa shape index (κ1) is 19.0. The minimum Gasteiger partial charge on any atom is -0.324 e. The summed E-state index contributed by atoms with van der Waals surface area (Å²) in [6, 6.07) is 15.8. The average Bonchev–Trinajstić information content (AvgIpc) is 2.71. The number of hydrogen-bond acceptors (Lipinski definition) is 3. The first-order valence-electron chi connectivity index (χ1n) is 9.47. The zero-order chi connectivity index (χ0) is 20.7. The number of aryl methyl sites for hydroxylation is 1. The molecule has 146 valence electrons. The van der Waals surface area contributed by atoms with Crippen molar-refractivity contribution in [3.63, 3.8) is 0 Å². The lowest BCUT2D eigenvalue weighted by atomic mass is 9.96. The lowest BCUT2D eigenvalue weighted by molar-refractivity contribution is 0.628. The molecule has 2 aromatic carbocycles. The van der Waals surface area contributed by atoms with Crippen molar-refractivity contribution in [2.45, 2.75) is 19.9 Å². The van der Waals surface area contributed by atoms with Crippen LogP contribution in [0.4, 0.5) is 4.39 Å². The van der Waals surface area contributed by atoms with Crippen molar-refractivity contribution in [3.8, 4) is 22.5 Å². The molecule has 0 amide bonds. The summed E-state index contributed by atoms with van der Waals surface area (Å²) in [5, 5.41) is 1.53. The van der Waals surface area contributed by atoms with Crippen LogP contribution in [-0.2, 0) is 7.05 Å². The smallest absolute Gasteiger partial charge is 0.258 e. The Bertz CT molecular complexity index is 1260. The van der Waals surface area contributed by atoms with E-state index in [4.69, 9.17) is 5.73 Å². The van der Waals surface area contributed by atoms with Crippen LogP contribution in [0.15, 0.2) is 65.6 Å². The normalized spacial score (nSPS) is 12.3. The van der Waals surface area contributed by atoms with Gasteiger partial charge in [-0.1, -0.05) is 6.07 Å². The number of aromatic nitrogens is 2. The molecule has 0 aliphatic carbocycles.